The first kappa shape index (κ1) is 16.7. The molecule has 0 unspecified atom stereocenters. The minimum Gasteiger partial charge on any atom is -0.325 e. The molecule has 0 saturated carbocycles. The molecule has 0 radical (unpaired) electrons. The van der Waals surface area contributed by atoms with Gasteiger partial charge in [-0.05, 0) is 55.8 Å². The van der Waals surface area contributed by atoms with E-state index >= 15 is 0 Å². The van der Waals surface area contributed by atoms with Crippen molar-refractivity contribution in [1.82, 2.24) is 4.90 Å². The van der Waals surface area contributed by atoms with E-state index in [1.54, 1.807) is 0 Å². The summed E-state index contributed by atoms with van der Waals surface area (Å²) in [6, 6.07) is 14.0. The van der Waals surface area contributed by atoms with Crippen LogP contribution in [0.2, 0.25) is 0 Å². The summed E-state index contributed by atoms with van der Waals surface area (Å²) in [5.74, 6) is -0.00203. The highest BCUT2D eigenvalue weighted by Gasteiger charge is 2.09. The Hall–Kier alpha value is -1.65. The smallest absolute Gasteiger partial charge is 0.238 e. The summed E-state index contributed by atoms with van der Waals surface area (Å²) in [6.07, 6.45) is 0. The maximum atomic E-state index is 12.1. The second-order valence-corrected chi connectivity index (χ2v) is 6.47. The van der Waals surface area contributed by atoms with Crippen LogP contribution in [0, 0.1) is 13.8 Å². The highest BCUT2D eigenvalue weighted by molar-refractivity contribution is 9.10. The summed E-state index contributed by atoms with van der Waals surface area (Å²) in [4.78, 5) is 14.1. The molecule has 0 aromatic heterocycles. The third kappa shape index (κ3) is 4.68. The molecule has 2 aromatic carbocycles. The summed E-state index contributed by atoms with van der Waals surface area (Å²) in [7, 11) is 1.94. The van der Waals surface area contributed by atoms with Gasteiger partial charge in [0, 0.05) is 16.7 Å². The van der Waals surface area contributed by atoms with Gasteiger partial charge < -0.3 is 5.32 Å². The Labute approximate surface area is 140 Å². The number of halogens is 1. The molecule has 116 valence electrons. The van der Waals surface area contributed by atoms with Crippen LogP contribution >= 0.6 is 15.9 Å². The topological polar surface area (TPSA) is 32.3 Å². The van der Waals surface area contributed by atoms with Gasteiger partial charge in [0.25, 0.3) is 0 Å². The Bertz CT molecular complexity index is 670. The normalized spacial score (nSPS) is 10.8. The molecule has 0 atom stereocenters. The summed E-state index contributed by atoms with van der Waals surface area (Å²) in [6.45, 7) is 5.19. The molecule has 0 fully saturated rings. The zero-order chi connectivity index (χ0) is 16.1. The first-order chi connectivity index (χ1) is 10.5. The average Bonchev–Trinajstić information content (AvgIpc) is 2.45. The minimum atomic E-state index is -0.00203. The Kier molecular flexibility index (Phi) is 5.75. The van der Waals surface area contributed by atoms with Crippen LogP contribution in [-0.2, 0) is 11.3 Å². The van der Waals surface area contributed by atoms with Crippen molar-refractivity contribution in [2.24, 2.45) is 0 Å². The van der Waals surface area contributed by atoms with Crippen LogP contribution < -0.4 is 5.32 Å². The van der Waals surface area contributed by atoms with Crippen molar-refractivity contribution in [2.75, 3.05) is 18.9 Å². The molecule has 0 aliphatic carbocycles. The molecule has 1 N–H and O–H groups in total. The van der Waals surface area contributed by atoms with Crippen LogP contribution in [0.5, 0.6) is 0 Å². The van der Waals surface area contributed by atoms with Gasteiger partial charge in [-0.2, -0.15) is 0 Å². The highest BCUT2D eigenvalue weighted by Crippen LogP contribution is 2.17. The lowest BCUT2D eigenvalue weighted by molar-refractivity contribution is -0.117. The van der Waals surface area contributed by atoms with Crippen LogP contribution in [0.25, 0.3) is 0 Å². The third-order valence-corrected chi connectivity index (χ3v) is 4.38. The summed E-state index contributed by atoms with van der Waals surface area (Å²) >= 11 is 3.53. The van der Waals surface area contributed by atoms with Gasteiger partial charge in [0.15, 0.2) is 0 Å². The molecule has 0 heterocycles. The zero-order valence-corrected chi connectivity index (χ0v) is 14.8. The van der Waals surface area contributed by atoms with E-state index < -0.39 is 0 Å². The van der Waals surface area contributed by atoms with Gasteiger partial charge in [0.1, 0.15) is 0 Å². The second kappa shape index (κ2) is 7.56. The van der Waals surface area contributed by atoms with E-state index in [9.17, 15) is 4.79 Å². The monoisotopic (exact) mass is 360 g/mol. The van der Waals surface area contributed by atoms with Crippen molar-refractivity contribution < 1.29 is 4.79 Å². The van der Waals surface area contributed by atoms with Crippen molar-refractivity contribution >= 4 is 27.5 Å². The molecule has 1 amide bonds. The maximum Gasteiger partial charge on any atom is 0.238 e. The van der Waals surface area contributed by atoms with Crippen molar-refractivity contribution in [3.63, 3.8) is 0 Å². The predicted molar refractivity (Wildman–Crippen MR) is 95.0 cm³/mol. The molecule has 0 aliphatic rings. The van der Waals surface area contributed by atoms with E-state index in [1.165, 1.54) is 16.7 Å². The summed E-state index contributed by atoms with van der Waals surface area (Å²) in [5, 5.41) is 2.95. The number of aryl methyl sites for hydroxylation is 2. The van der Waals surface area contributed by atoms with E-state index in [-0.39, 0.29) is 5.91 Å². The second-order valence-electron chi connectivity index (χ2n) is 5.61. The number of nitrogens with zero attached hydrogens (tertiary/aromatic N) is 1. The number of anilines is 1. The molecule has 2 aromatic rings. The van der Waals surface area contributed by atoms with Crippen molar-refractivity contribution in [1.29, 1.82) is 0 Å². The maximum absolute atomic E-state index is 12.1. The van der Waals surface area contributed by atoms with Gasteiger partial charge in [-0.25, -0.2) is 0 Å². The molecule has 4 heteroatoms. The fraction of sp³-hybridized carbons (Fsp3) is 0.278. The van der Waals surface area contributed by atoms with Crippen LogP contribution in [0.1, 0.15) is 16.7 Å². The van der Waals surface area contributed by atoms with Gasteiger partial charge in [0.2, 0.25) is 5.91 Å². The van der Waals surface area contributed by atoms with E-state index in [0.29, 0.717) is 6.54 Å². The lowest BCUT2D eigenvalue weighted by Crippen LogP contribution is -2.29. The molecule has 3 nitrogen and oxygen atoms in total. The number of nitrogens with one attached hydrogen (secondary N) is 1. The number of hydrogen-bond acceptors (Lipinski definition) is 2. The number of carbonyl (C=O) groups is 1. The molecular formula is C18H21BrN2O. The number of amides is 1. The standard InChI is InChI=1S/C18H21BrN2O/c1-13-8-9-16(10-14(13)2)20-18(22)12-21(3)11-15-6-4-5-7-17(15)19/h4-10H,11-12H2,1-3H3,(H,20,22). The fourth-order valence-electron chi connectivity index (χ4n) is 2.24. The van der Waals surface area contributed by atoms with Crippen LogP contribution in [0.15, 0.2) is 46.9 Å². The van der Waals surface area contributed by atoms with Crippen molar-refractivity contribution in [2.45, 2.75) is 20.4 Å². The van der Waals surface area contributed by atoms with Crippen LogP contribution in [0.3, 0.4) is 0 Å². The van der Waals surface area contributed by atoms with Gasteiger partial charge in [-0.3, -0.25) is 9.69 Å². The number of rotatable bonds is 5. The van der Waals surface area contributed by atoms with Crippen molar-refractivity contribution in [3.05, 3.63) is 63.6 Å². The Morgan fingerprint density at radius 2 is 1.86 bits per heavy atom. The number of benzene rings is 2. The van der Waals surface area contributed by atoms with Gasteiger partial charge in [0.05, 0.1) is 6.54 Å². The summed E-state index contributed by atoms with van der Waals surface area (Å²) < 4.78 is 1.07. The molecule has 0 saturated heterocycles. The van der Waals surface area contributed by atoms with Crippen LogP contribution in [0.4, 0.5) is 5.69 Å². The average molecular weight is 361 g/mol. The number of likely N-dealkylation sites (N-methyl/N-ethyl adjacent to an activating group) is 1. The lowest BCUT2D eigenvalue weighted by atomic mass is 10.1. The minimum absolute atomic E-state index is 0.00203. The largest absolute Gasteiger partial charge is 0.325 e. The van der Waals surface area contributed by atoms with E-state index in [1.807, 2.05) is 55.3 Å². The molecule has 0 bridgehead atoms. The van der Waals surface area contributed by atoms with Gasteiger partial charge in [-0.1, -0.05) is 40.2 Å². The molecular weight excluding hydrogens is 340 g/mol. The molecule has 2 rings (SSSR count). The molecule has 0 aliphatic heterocycles. The molecule has 0 spiro atoms. The SMILES string of the molecule is Cc1ccc(NC(=O)CN(C)Cc2ccccc2Br)cc1C. The lowest BCUT2D eigenvalue weighted by Gasteiger charge is -2.17. The van der Waals surface area contributed by atoms with E-state index in [2.05, 4.69) is 34.2 Å². The first-order valence-corrected chi connectivity index (χ1v) is 8.04. The van der Waals surface area contributed by atoms with Gasteiger partial charge in [-0.15, -0.1) is 0 Å². The zero-order valence-electron chi connectivity index (χ0n) is 13.2. The Morgan fingerprint density at radius 1 is 1.14 bits per heavy atom. The molecule has 22 heavy (non-hydrogen) atoms. The number of carbonyl (C=O) groups excluding carboxylic acids is 1. The Morgan fingerprint density at radius 3 is 2.55 bits per heavy atom. The predicted octanol–water partition coefficient (Wildman–Crippen LogP) is 4.14. The van der Waals surface area contributed by atoms with Gasteiger partial charge >= 0.3 is 0 Å². The Balaban J connectivity index is 1.91. The van der Waals surface area contributed by atoms with E-state index in [4.69, 9.17) is 0 Å². The fourth-order valence-corrected chi connectivity index (χ4v) is 2.65. The third-order valence-electron chi connectivity index (χ3n) is 3.60. The summed E-state index contributed by atoms with van der Waals surface area (Å²) in [5.41, 5.74) is 4.43. The van der Waals surface area contributed by atoms with Crippen LogP contribution in [-0.4, -0.2) is 24.4 Å². The van der Waals surface area contributed by atoms with Crippen molar-refractivity contribution in [3.8, 4) is 0 Å². The highest BCUT2D eigenvalue weighted by atomic mass is 79.9. The number of hydrogen-bond donors (Lipinski definition) is 1. The first-order valence-electron chi connectivity index (χ1n) is 7.25. The van der Waals surface area contributed by atoms with E-state index in [0.717, 1.165) is 16.7 Å². The quantitative estimate of drug-likeness (QED) is 0.868.